The summed E-state index contributed by atoms with van der Waals surface area (Å²) in [5.74, 6) is 0.998. The molecule has 0 aliphatic rings. The Morgan fingerprint density at radius 2 is 1.38 bits per heavy atom. The van der Waals surface area contributed by atoms with E-state index in [-0.39, 0.29) is 5.75 Å². The quantitative estimate of drug-likeness (QED) is 0.658. The number of rotatable bonds is 7. The van der Waals surface area contributed by atoms with Gasteiger partial charge in [0.2, 0.25) is 0 Å². The molecule has 0 aliphatic carbocycles. The van der Waals surface area contributed by atoms with Crippen LogP contribution in [0.3, 0.4) is 0 Å². The van der Waals surface area contributed by atoms with Crippen LogP contribution in [0.1, 0.15) is 19.8 Å². The third-order valence-electron chi connectivity index (χ3n) is 3.03. The molecule has 21 heavy (non-hydrogen) atoms. The maximum Gasteiger partial charge on any atom is 0.387 e. The second kappa shape index (κ2) is 7.62. The monoisotopic (exact) mass is 292 g/mol. The summed E-state index contributed by atoms with van der Waals surface area (Å²) in [6.45, 7) is 0.0408. The molecule has 0 fully saturated rings. The second-order valence-corrected chi connectivity index (χ2v) is 4.63. The topological polar surface area (TPSA) is 18.5 Å². The van der Waals surface area contributed by atoms with Crippen molar-refractivity contribution in [3.63, 3.8) is 0 Å². The van der Waals surface area contributed by atoms with Crippen LogP contribution < -0.4 is 9.47 Å². The van der Waals surface area contributed by atoms with Gasteiger partial charge in [-0.25, -0.2) is 0 Å². The first kappa shape index (κ1) is 15.3. The zero-order valence-corrected chi connectivity index (χ0v) is 11.9. The Bertz CT molecular complexity index is 536. The minimum atomic E-state index is -2.80. The molecule has 0 aliphatic heterocycles. The summed E-state index contributed by atoms with van der Waals surface area (Å²) in [5.41, 5.74) is 1.94. The average Bonchev–Trinajstić information content (AvgIpc) is 2.49. The van der Waals surface area contributed by atoms with Crippen molar-refractivity contribution in [1.29, 1.82) is 0 Å². The van der Waals surface area contributed by atoms with Crippen LogP contribution in [0.15, 0.2) is 48.5 Å². The fourth-order valence-electron chi connectivity index (χ4n) is 1.91. The van der Waals surface area contributed by atoms with Gasteiger partial charge in [-0.15, -0.1) is 0 Å². The van der Waals surface area contributed by atoms with E-state index in [0.717, 1.165) is 36.3 Å². The summed E-state index contributed by atoms with van der Waals surface area (Å²) in [5, 5.41) is 0. The van der Waals surface area contributed by atoms with E-state index in [9.17, 15) is 8.78 Å². The Hall–Kier alpha value is -2.10. The fraction of sp³-hybridized carbons (Fsp3) is 0.294. The lowest BCUT2D eigenvalue weighted by atomic mass is 10.1. The Kier molecular flexibility index (Phi) is 5.55. The van der Waals surface area contributed by atoms with Gasteiger partial charge in [-0.1, -0.05) is 37.6 Å². The van der Waals surface area contributed by atoms with Crippen molar-refractivity contribution in [2.24, 2.45) is 0 Å². The van der Waals surface area contributed by atoms with Gasteiger partial charge in [0.05, 0.1) is 6.61 Å². The molecule has 0 unspecified atom stereocenters. The highest BCUT2D eigenvalue weighted by Gasteiger charge is 2.04. The van der Waals surface area contributed by atoms with E-state index in [4.69, 9.17) is 4.74 Å². The lowest BCUT2D eigenvalue weighted by Gasteiger charge is -2.08. The lowest BCUT2D eigenvalue weighted by molar-refractivity contribution is -0.0498. The Labute approximate surface area is 123 Å². The van der Waals surface area contributed by atoms with Gasteiger partial charge in [0.15, 0.2) is 0 Å². The molecular formula is C17H18F2O2. The smallest absolute Gasteiger partial charge is 0.387 e. The molecule has 0 amide bonds. The molecule has 0 saturated carbocycles. The molecule has 0 saturated heterocycles. The van der Waals surface area contributed by atoms with Crippen LogP contribution in [0, 0.1) is 0 Å². The molecule has 0 radical (unpaired) electrons. The number of ether oxygens (including phenoxy) is 2. The third kappa shape index (κ3) is 4.74. The molecule has 0 spiro atoms. The SMILES string of the molecule is CCCCOc1ccc(-c2ccc(OC(F)F)cc2)cc1. The van der Waals surface area contributed by atoms with Crippen LogP contribution in [0.4, 0.5) is 8.78 Å². The first-order valence-corrected chi connectivity index (χ1v) is 6.97. The minimum absolute atomic E-state index is 0.160. The van der Waals surface area contributed by atoms with Crippen molar-refractivity contribution in [3.8, 4) is 22.6 Å². The Morgan fingerprint density at radius 1 is 0.857 bits per heavy atom. The molecule has 0 heterocycles. The molecule has 0 bridgehead atoms. The molecule has 0 aromatic heterocycles. The number of hydrogen-bond donors (Lipinski definition) is 0. The zero-order chi connectivity index (χ0) is 15.1. The van der Waals surface area contributed by atoms with Crippen molar-refractivity contribution < 1.29 is 18.3 Å². The Morgan fingerprint density at radius 3 is 1.86 bits per heavy atom. The largest absolute Gasteiger partial charge is 0.494 e. The van der Waals surface area contributed by atoms with Crippen LogP contribution in [0.5, 0.6) is 11.5 Å². The average molecular weight is 292 g/mol. The minimum Gasteiger partial charge on any atom is -0.494 e. The third-order valence-corrected chi connectivity index (χ3v) is 3.03. The summed E-state index contributed by atoms with van der Waals surface area (Å²) in [7, 11) is 0. The molecular weight excluding hydrogens is 274 g/mol. The lowest BCUT2D eigenvalue weighted by Crippen LogP contribution is -2.01. The van der Waals surface area contributed by atoms with Gasteiger partial charge in [0.1, 0.15) is 11.5 Å². The van der Waals surface area contributed by atoms with Crippen LogP contribution in [0.2, 0.25) is 0 Å². The molecule has 2 aromatic rings. The van der Waals surface area contributed by atoms with Gasteiger partial charge in [-0.3, -0.25) is 0 Å². The zero-order valence-electron chi connectivity index (χ0n) is 11.9. The fourth-order valence-corrected chi connectivity index (χ4v) is 1.91. The highest BCUT2D eigenvalue weighted by atomic mass is 19.3. The van der Waals surface area contributed by atoms with Gasteiger partial charge in [0.25, 0.3) is 0 Å². The second-order valence-electron chi connectivity index (χ2n) is 4.63. The maximum absolute atomic E-state index is 12.1. The van der Waals surface area contributed by atoms with Gasteiger partial charge in [-0.2, -0.15) is 8.78 Å². The van der Waals surface area contributed by atoms with E-state index in [0.29, 0.717) is 0 Å². The van der Waals surface area contributed by atoms with Gasteiger partial charge < -0.3 is 9.47 Å². The number of alkyl halides is 2. The number of hydrogen-bond acceptors (Lipinski definition) is 2. The van der Waals surface area contributed by atoms with Crippen LogP contribution >= 0.6 is 0 Å². The summed E-state index contributed by atoms with van der Waals surface area (Å²) in [6, 6.07) is 14.3. The number of halogens is 2. The van der Waals surface area contributed by atoms with Crippen molar-refractivity contribution in [2.75, 3.05) is 6.61 Å². The van der Waals surface area contributed by atoms with Gasteiger partial charge >= 0.3 is 6.61 Å². The first-order chi connectivity index (χ1) is 10.2. The highest BCUT2D eigenvalue weighted by molar-refractivity contribution is 5.64. The highest BCUT2D eigenvalue weighted by Crippen LogP contribution is 2.25. The van der Waals surface area contributed by atoms with E-state index in [1.54, 1.807) is 12.1 Å². The van der Waals surface area contributed by atoms with Crippen molar-refractivity contribution in [1.82, 2.24) is 0 Å². The summed E-state index contributed by atoms with van der Waals surface area (Å²) in [6.07, 6.45) is 2.14. The summed E-state index contributed by atoms with van der Waals surface area (Å²) >= 11 is 0. The summed E-state index contributed by atoms with van der Waals surface area (Å²) < 4.78 is 34.1. The van der Waals surface area contributed by atoms with Crippen molar-refractivity contribution in [3.05, 3.63) is 48.5 Å². The Balaban J connectivity index is 2.01. The van der Waals surface area contributed by atoms with Crippen LogP contribution in [0.25, 0.3) is 11.1 Å². The van der Waals surface area contributed by atoms with E-state index >= 15 is 0 Å². The summed E-state index contributed by atoms with van der Waals surface area (Å²) in [4.78, 5) is 0. The van der Waals surface area contributed by atoms with Gasteiger partial charge in [0, 0.05) is 0 Å². The predicted octanol–water partition coefficient (Wildman–Crippen LogP) is 5.13. The molecule has 2 nitrogen and oxygen atoms in total. The number of unbranched alkanes of at least 4 members (excludes halogenated alkanes) is 1. The van der Waals surface area contributed by atoms with Gasteiger partial charge in [-0.05, 0) is 41.8 Å². The molecule has 2 rings (SSSR count). The molecule has 112 valence electrons. The molecule has 2 aromatic carbocycles. The van der Waals surface area contributed by atoms with Crippen molar-refractivity contribution in [2.45, 2.75) is 26.4 Å². The predicted molar refractivity (Wildman–Crippen MR) is 78.9 cm³/mol. The van der Waals surface area contributed by atoms with E-state index < -0.39 is 6.61 Å². The van der Waals surface area contributed by atoms with E-state index in [1.807, 2.05) is 24.3 Å². The van der Waals surface area contributed by atoms with Crippen molar-refractivity contribution >= 4 is 0 Å². The molecule has 0 atom stereocenters. The molecule has 0 N–H and O–H groups in total. The van der Waals surface area contributed by atoms with Crippen LogP contribution in [-0.2, 0) is 0 Å². The normalized spacial score (nSPS) is 10.7. The van der Waals surface area contributed by atoms with Crippen LogP contribution in [-0.4, -0.2) is 13.2 Å². The number of benzene rings is 2. The van der Waals surface area contributed by atoms with E-state index in [2.05, 4.69) is 11.7 Å². The molecule has 4 heteroatoms. The van der Waals surface area contributed by atoms with E-state index in [1.165, 1.54) is 12.1 Å². The maximum atomic E-state index is 12.1. The first-order valence-electron chi connectivity index (χ1n) is 6.97. The standard InChI is InChI=1S/C17H18F2O2/c1-2-3-12-20-15-8-4-13(5-9-15)14-6-10-16(11-7-14)21-17(18)19/h4-11,17H,2-3,12H2,1H3.